The second-order valence-electron chi connectivity index (χ2n) is 9.95. The number of nitrogens with zero attached hydrogens (tertiary/aromatic N) is 3. The number of imidazole rings is 1. The highest BCUT2D eigenvalue weighted by Crippen LogP contribution is 2.47. The minimum absolute atomic E-state index is 0.169. The van der Waals surface area contributed by atoms with E-state index in [4.69, 9.17) is 4.98 Å². The van der Waals surface area contributed by atoms with Crippen LogP contribution in [0, 0.1) is 0 Å². The smallest absolute Gasteiger partial charge is 0.145 e. The van der Waals surface area contributed by atoms with E-state index in [1.54, 1.807) is 0 Å². The molecule has 0 bridgehead atoms. The molecule has 1 aliphatic rings. The summed E-state index contributed by atoms with van der Waals surface area (Å²) in [5.74, 6) is 0.953. The molecule has 0 saturated heterocycles. The van der Waals surface area contributed by atoms with Crippen LogP contribution in [0.15, 0.2) is 116 Å². The Balaban J connectivity index is 1.50. The van der Waals surface area contributed by atoms with Crippen molar-refractivity contribution in [2.75, 3.05) is 0 Å². The molecule has 0 saturated carbocycles. The fourth-order valence-corrected chi connectivity index (χ4v) is 5.71. The summed E-state index contributed by atoms with van der Waals surface area (Å²) in [5.41, 5.74) is 11.8. The lowest BCUT2D eigenvalue weighted by Crippen LogP contribution is -2.26. The quantitative estimate of drug-likeness (QED) is 0.266. The van der Waals surface area contributed by atoms with Gasteiger partial charge >= 0.3 is 0 Å². The highest BCUT2D eigenvalue weighted by atomic mass is 15.1. The van der Waals surface area contributed by atoms with Gasteiger partial charge in [-0.15, -0.1) is 0 Å². The molecule has 0 N–H and O–H groups in total. The molecule has 0 unspecified atom stereocenters. The van der Waals surface area contributed by atoms with Crippen molar-refractivity contribution in [1.82, 2.24) is 14.5 Å². The number of hydrogen-bond acceptors (Lipinski definition) is 2. The van der Waals surface area contributed by atoms with Crippen LogP contribution in [-0.4, -0.2) is 14.5 Å². The van der Waals surface area contributed by atoms with Crippen molar-refractivity contribution in [1.29, 1.82) is 0 Å². The van der Waals surface area contributed by atoms with Crippen LogP contribution in [0.5, 0.6) is 0 Å². The summed E-state index contributed by atoms with van der Waals surface area (Å²) in [4.78, 5) is 9.31. The molecule has 3 heterocycles. The average molecular weight is 464 g/mol. The van der Waals surface area contributed by atoms with E-state index in [0.717, 1.165) is 16.9 Å². The van der Waals surface area contributed by atoms with E-state index in [9.17, 15) is 0 Å². The second kappa shape index (κ2) is 7.76. The lowest BCUT2D eigenvalue weighted by atomic mass is 9.74. The van der Waals surface area contributed by atoms with Crippen LogP contribution < -0.4 is 0 Å². The molecule has 172 valence electrons. The third-order valence-electron chi connectivity index (χ3n) is 7.52. The summed E-state index contributed by atoms with van der Waals surface area (Å²) >= 11 is 0. The Morgan fingerprint density at radius 1 is 0.611 bits per heavy atom. The minimum atomic E-state index is -0.169. The standard InChI is InChI=1S/C33H25N3/c1-33(2)27-13-8-14-29-31(27)36(32(35-29)23-17-19-34-20-18-23)30-16-15-24(21-28(30)33)26-12-7-6-11-25(26)22-9-4-3-5-10-22/h3-21H,1-2H3. The molecule has 2 aromatic heterocycles. The first-order valence-corrected chi connectivity index (χ1v) is 12.3. The van der Waals surface area contributed by atoms with Gasteiger partial charge in [-0.1, -0.05) is 86.6 Å². The number of pyridine rings is 1. The van der Waals surface area contributed by atoms with E-state index in [2.05, 4.69) is 114 Å². The summed E-state index contributed by atoms with van der Waals surface area (Å²) < 4.78 is 2.34. The van der Waals surface area contributed by atoms with Crippen molar-refractivity contribution in [3.8, 4) is 39.3 Å². The SMILES string of the molecule is CC1(C)c2cc(-c3ccccc3-c3ccccc3)ccc2-n2c(-c3ccncc3)nc3cccc1c32. The summed E-state index contributed by atoms with van der Waals surface area (Å²) in [7, 11) is 0. The maximum atomic E-state index is 5.09. The molecular weight excluding hydrogens is 438 g/mol. The zero-order valence-electron chi connectivity index (χ0n) is 20.3. The molecule has 3 heteroatoms. The number of aromatic nitrogens is 3. The van der Waals surface area contributed by atoms with Crippen LogP contribution in [0.2, 0.25) is 0 Å². The maximum absolute atomic E-state index is 5.09. The van der Waals surface area contributed by atoms with Gasteiger partial charge < -0.3 is 0 Å². The van der Waals surface area contributed by atoms with Crippen molar-refractivity contribution in [3.63, 3.8) is 0 Å². The molecule has 7 rings (SSSR count). The molecular formula is C33H25N3. The van der Waals surface area contributed by atoms with E-state index in [1.165, 1.54) is 44.6 Å². The second-order valence-corrected chi connectivity index (χ2v) is 9.95. The van der Waals surface area contributed by atoms with Crippen LogP contribution in [0.25, 0.3) is 50.4 Å². The Morgan fingerprint density at radius 3 is 2.11 bits per heavy atom. The van der Waals surface area contributed by atoms with E-state index >= 15 is 0 Å². The molecule has 4 aromatic carbocycles. The molecule has 3 nitrogen and oxygen atoms in total. The molecule has 0 aliphatic carbocycles. The molecule has 1 aliphatic heterocycles. The minimum Gasteiger partial charge on any atom is -0.292 e. The lowest BCUT2D eigenvalue weighted by molar-refractivity contribution is 0.629. The largest absolute Gasteiger partial charge is 0.292 e. The maximum Gasteiger partial charge on any atom is 0.145 e. The van der Waals surface area contributed by atoms with Gasteiger partial charge in [0.05, 0.1) is 16.7 Å². The molecule has 36 heavy (non-hydrogen) atoms. The van der Waals surface area contributed by atoms with Crippen molar-refractivity contribution >= 4 is 11.0 Å². The number of fused-ring (bicyclic) bond motifs is 2. The van der Waals surface area contributed by atoms with Gasteiger partial charge in [0, 0.05) is 23.4 Å². The zero-order chi connectivity index (χ0) is 24.3. The first-order valence-electron chi connectivity index (χ1n) is 12.3. The van der Waals surface area contributed by atoms with Crippen LogP contribution >= 0.6 is 0 Å². The predicted molar refractivity (Wildman–Crippen MR) is 147 cm³/mol. The Hall–Kier alpha value is -4.50. The Bertz CT molecular complexity index is 1750. The lowest BCUT2D eigenvalue weighted by Gasteiger charge is -2.35. The number of benzene rings is 4. The van der Waals surface area contributed by atoms with Crippen molar-refractivity contribution in [3.05, 3.63) is 127 Å². The van der Waals surface area contributed by atoms with E-state index in [1.807, 2.05) is 24.5 Å². The zero-order valence-corrected chi connectivity index (χ0v) is 20.3. The highest BCUT2D eigenvalue weighted by molar-refractivity contribution is 5.91. The fraction of sp³-hybridized carbons (Fsp3) is 0.0909. The molecule has 0 amide bonds. The molecule has 6 aromatic rings. The number of rotatable bonds is 3. The Kier molecular flexibility index (Phi) is 4.49. The third-order valence-corrected chi connectivity index (χ3v) is 7.52. The first-order chi connectivity index (χ1) is 17.6. The van der Waals surface area contributed by atoms with E-state index in [0.29, 0.717) is 0 Å². The monoisotopic (exact) mass is 463 g/mol. The van der Waals surface area contributed by atoms with Gasteiger partial charge in [-0.3, -0.25) is 9.55 Å². The van der Waals surface area contributed by atoms with Gasteiger partial charge in [-0.25, -0.2) is 4.98 Å². The first kappa shape index (κ1) is 20.8. The summed E-state index contributed by atoms with van der Waals surface area (Å²) in [5, 5.41) is 0. The molecule has 0 atom stereocenters. The topological polar surface area (TPSA) is 30.7 Å². The third kappa shape index (κ3) is 2.99. The average Bonchev–Trinajstić information content (AvgIpc) is 3.33. The highest BCUT2D eigenvalue weighted by Gasteiger charge is 2.36. The number of para-hydroxylation sites is 1. The van der Waals surface area contributed by atoms with Crippen LogP contribution in [0.4, 0.5) is 0 Å². The van der Waals surface area contributed by atoms with Crippen LogP contribution in [-0.2, 0) is 5.41 Å². The van der Waals surface area contributed by atoms with Gasteiger partial charge in [-0.2, -0.15) is 0 Å². The van der Waals surface area contributed by atoms with Gasteiger partial charge in [0.2, 0.25) is 0 Å². The van der Waals surface area contributed by atoms with Gasteiger partial charge in [0.15, 0.2) is 0 Å². The predicted octanol–water partition coefficient (Wildman–Crippen LogP) is 8.06. The molecule has 0 radical (unpaired) electrons. The Morgan fingerprint density at radius 2 is 1.33 bits per heavy atom. The fourth-order valence-electron chi connectivity index (χ4n) is 5.71. The normalized spacial score (nSPS) is 13.5. The van der Waals surface area contributed by atoms with Gasteiger partial charge in [0.25, 0.3) is 0 Å². The molecule has 0 spiro atoms. The van der Waals surface area contributed by atoms with Crippen LogP contribution in [0.1, 0.15) is 25.0 Å². The van der Waals surface area contributed by atoms with Crippen molar-refractivity contribution < 1.29 is 0 Å². The summed E-state index contributed by atoms with van der Waals surface area (Å²) in [6, 6.07) is 36.8. The van der Waals surface area contributed by atoms with Gasteiger partial charge in [-0.05, 0) is 63.7 Å². The Labute approximate surface area is 210 Å². The summed E-state index contributed by atoms with van der Waals surface area (Å²) in [6.07, 6.45) is 3.67. The molecule has 0 fully saturated rings. The van der Waals surface area contributed by atoms with Crippen molar-refractivity contribution in [2.45, 2.75) is 19.3 Å². The van der Waals surface area contributed by atoms with E-state index in [-0.39, 0.29) is 5.41 Å². The van der Waals surface area contributed by atoms with Crippen molar-refractivity contribution in [2.24, 2.45) is 0 Å². The van der Waals surface area contributed by atoms with Crippen LogP contribution in [0.3, 0.4) is 0 Å². The van der Waals surface area contributed by atoms with E-state index < -0.39 is 0 Å². The summed E-state index contributed by atoms with van der Waals surface area (Å²) in [6.45, 7) is 4.66. The number of hydrogen-bond donors (Lipinski definition) is 0. The van der Waals surface area contributed by atoms with Gasteiger partial charge in [0.1, 0.15) is 5.82 Å².